The summed E-state index contributed by atoms with van der Waals surface area (Å²) < 4.78 is 16.3. The monoisotopic (exact) mass is 496 g/mol. The summed E-state index contributed by atoms with van der Waals surface area (Å²) in [7, 11) is 3.08. The molecule has 7 nitrogen and oxygen atoms in total. The standard InChI is InChI=1S/C27H29ClN2O5/c1-33-22-14-13-18(16-24(22)34-2)25(26(31)29-20-9-4-5-10-20)30(27(32)23-12-7-15-35-23)17-19-8-3-6-11-21(19)28/h3,6-8,11-16,20,25H,4-5,9-10,17H2,1-2H3,(H,29,31)/t25-/m0/s1. The van der Waals surface area contributed by atoms with Gasteiger partial charge in [-0.1, -0.05) is 48.7 Å². The zero-order valence-electron chi connectivity index (χ0n) is 19.8. The van der Waals surface area contributed by atoms with Crippen molar-refractivity contribution in [1.82, 2.24) is 10.2 Å². The molecule has 35 heavy (non-hydrogen) atoms. The van der Waals surface area contributed by atoms with Gasteiger partial charge in [0.15, 0.2) is 17.3 Å². The first-order chi connectivity index (χ1) is 17.0. The fourth-order valence-electron chi connectivity index (χ4n) is 4.48. The van der Waals surface area contributed by atoms with Crippen molar-refractivity contribution in [2.45, 2.75) is 44.3 Å². The van der Waals surface area contributed by atoms with Gasteiger partial charge in [0.2, 0.25) is 5.91 Å². The maximum atomic E-state index is 13.8. The molecule has 0 bridgehead atoms. The molecule has 184 valence electrons. The molecule has 2 amide bonds. The first kappa shape index (κ1) is 24.7. The van der Waals surface area contributed by atoms with Crippen molar-refractivity contribution < 1.29 is 23.5 Å². The number of benzene rings is 2. The Balaban J connectivity index is 1.80. The maximum Gasteiger partial charge on any atom is 0.290 e. The van der Waals surface area contributed by atoms with Crippen molar-refractivity contribution in [3.8, 4) is 11.5 Å². The Labute approximate surface area is 210 Å². The van der Waals surface area contributed by atoms with Crippen molar-refractivity contribution >= 4 is 23.4 Å². The Morgan fingerprint density at radius 1 is 1.06 bits per heavy atom. The van der Waals surface area contributed by atoms with Crippen LogP contribution >= 0.6 is 11.6 Å². The first-order valence-electron chi connectivity index (χ1n) is 11.6. The van der Waals surface area contributed by atoms with Crippen LogP contribution in [0.1, 0.15) is 53.4 Å². The highest BCUT2D eigenvalue weighted by Crippen LogP contribution is 2.34. The predicted octanol–water partition coefficient (Wildman–Crippen LogP) is 5.39. The Bertz CT molecular complexity index is 1160. The summed E-state index contributed by atoms with van der Waals surface area (Å²) in [6.07, 6.45) is 5.41. The van der Waals surface area contributed by atoms with Gasteiger partial charge in [0.05, 0.1) is 20.5 Å². The number of ether oxygens (including phenoxy) is 2. The van der Waals surface area contributed by atoms with E-state index in [1.54, 1.807) is 43.5 Å². The molecule has 1 N–H and O–H groups in total. The van der Waals surface area contributed by atoms with E-state index >= 15 is 0 Å². The fraction of sp³-hybridized carbons (Fsp3) is 0.333. The Kier molecular flexibility index (Phi) is 7.98. The van der Waals surface area contributed by atoms with Crippen LogP contribution in [0.2, 0.25) is 5.02 Å². The molecule has 2 aromatic carbocycles. The molecule has 0 radical (unpaired) electrons. The number of hydrogen-bond donors (Lipinski definition) is 1. The second-order valence-corrected chi connectivity index (χ2v) is 8.92. The molecule has 4 rings (SSSR count). The van der Waals surface area contributed by atoms with Crippen LogP contribution in [0.4, 0.5) is 0 Å². The topological polar surface area (TPSA) is 81.0 Å². The smallest absolute Gasteiger partial charge is 0.290 e. The number of nitrogens with one attached hydrogen (secondary N) is 1. The van der Waals surface area contributed by atoms with Gasteiger partial charge in [0.25, 0.3) is 5.91 Å². The summed E-state index contributed by atoms with van der Waals surface area (Å²) in [5, 5.41) is 3.66. The number of carbonyl (C=O) groups excluding carboxylic acids is 2. The first-order valence-corrected chi connectivity index (χ1v) is 12.0. The van der Waals surface area contributed by atoms with E-state index in [0.717, 1.165) is 25.7 Å². The number of hydrogen-bond acceptors (Lipinski definition) is 5. The number of rotatable bonds is 9. The lowest BCUT2D eigenvalue weighted by molar-refractivity contribution is -0.126. The molecular weight excluding hydrogens is 468 g/mol. The second-order valence-electron chi connectivity index (χ2n) is 8.51. The van der Waals surface area contributed by atoms with Crippen molar-refractivity contribution in [2.75, 3.05) is 14.2 Å². The van der Waals surface area contributed by atoms with Crippen LogP contribution in [0.25, 0.3) is 0 Å². The van der Waals surface area contributed by atoms with E-state index in [2.05, 4.69) is 5.32 Å². The number of methoxy groups -OCH3 is 2. The van der Waals surface area contributed by atoms with Gasteiger partial charge in [-0.15, -0.1) is 0 Å². The highest BCUT2D eigenvalue weighted by Gasteiger charge is 2.35. The van der Waals surface area contributed by atoms with E-state index in [1.807, 2.05) is 18.2 Å². The second kappa shape index (κ2) is 11.3. The van der Waals surface area contributed by atoms with Crippen molar-refractivity contribution in [3.05, 3.63) is 82.8 Å². The lowest BCUT2D eigenvalue weighted by Crippen LogP contribution is -2.45. The molecule has 0 aliphatic heterocycles. The molecule has 3 aromatic rings. The fourth-order valence-corrected chi connectivity index (χ4v) is 4.67. The molecule has 1 fully saturated rings. The lowest BCUT2D eigenvalue weighted by Gasteiger charge is -2.32. The van der Waals surface area contributed by atoms with Crippen LogP contribution in [0.3, 0.4) is 0 Å². The molecule has 1 atom stereocenters. The molecule has 1 saturated carbocycles. The van der Waals surface area contributed by atoms with E-state index in [0.29, 0.717) is 27.6 Å². The molecule has 0 saturated heterocycles. The van der Waals surface area contributed by atoms with Gasteiger partial charge in [0.1, 0.15) is 6.04 Å². The quantitative estimate of drug-likeness (QED) is 0.429. The normalized spacial score (nSPS) is 14.4. The van der Waals surface area contributed by atoms with E-state index < -0.39 is 11.9 Å². The Morgan fingerprint density at radius 3 is 2.46 bits per heavy atom. The molecule has 1 heterocycles. The summed E-state index contributed by atoms with van der Waals surface area (Å²) in [5.74, 6) is 0.441. The summed E-state index contributed by atoms with van der Waals surface area (Å²) in [6, 6.07) is 14.9. The van der Waals surface area contributed by atoms with Gasteiger partial charge >= 0.3 is 0 Å². The highest BCUT2D eigenvalue weighted by atomic mass is 35.5. The maximum absolute atomic E-state index is 13.8. The van der Waals surface area contributed by atoms with E-state index in [9.17, 15) is 9.59 Å². The summed E-state index contributed by atoms with van der Waals surface area (Å²) >= 11 is 6.45. The largest absolute Gasteiger partial charge is 0.493 e. The average molecular weight is 497 g/mol. The van der Waals surface area contributed by atoms with Gasteiger partial charge in [0, 0.05) is 17.6 Å². The van der Waals surface area contributed by atoms with E-state index in [-0.39, 0.29) is 24.3 Å². The Hall–Kier alpha value is -3.45. The molecular formula is C27H29ClN2O5. The molecule has 1 aliphatic carbocycles. The van der Waals surface area contributed by atoms with Crippen LogP contribution < -0.4 is 14.8 Å². The average Bonchev–Trinajstić information content (AvgIpc) is 3.59. The summed E-state index contributed by atoms with van der Waals surface area (Å²) in [5.41, 5.74) is 1.30. The van der Waals surface area contributed by atoms with Gasteiger partial charge < -0.3 is 24.1 Å². The number of halogens is 1. The zero-order chi connectivity index (χ0) is 24.8. The van der Waals surface area contributed by atoms with Gasteiger partial charge in [-0.25, -0.2) is 0 Å². The van der Waals surface area contributed by atoms with Crippen LogP contribution in [0.5, 0.6) is 11.5 Å². The minimum atomic E-state index is -0.954. The summed E-state index contributed by atoms with van der Waals surface area (Å²) in [4.78, 5) is 29.0. The third kappa shape index (κ3) is 5.62. The summed E-state index contributed by atoms with van der Waals surface area (Å²) in [6.45, 7) is 0.107. The lowest BCUT2D eigenvalue weighted by atomic mass is 10.0. The minimum Gasteiger partial charge on any atom is -0.493 e. The Morgan fingerprint density at radius 2 is 1.80 bits per heavy atom. The number of nitrogens with zero attached hydrogens (tertiary/aromatic N) is 1. The molecule has 1 aliphatic rings. The molecule has 0 unspecified atom stereocenters. The van der Waals surface area contributed by atoms with Gasteiger partial charge in [-0.2, -0.15) is 0 Å². The number of furan rings is 1. The van der Waals surface area contributed by atoms with E-state index in [4.69, 9.17) is 25.5 Å². The van der Waals surface area contributed by atoms with Crippen LogP contribution in [0, 0.1) is 0 Å². The van der Waals surface area contributed by atoms with Crippen LogP contribution in [-0.4, -0.2) is 37.0 Å². The van der Waals surface area contributed by atoms with Crippen LogP contribution in [0.15, 0.2) is 65.3 Å². The number of carbonyl (C=O) groups is 2. The number of amides is 2. The van der Waals surface area contributed by atoms with Crippen molar-refractivity contribution in [1.29, 1.82) is 0 Å². The van der Waals surface area contributed by atoms with Crippen molar-refractivity contribution in [2.24, 2.45) is 0 Å². The van der Waals surface area contributed by atoms with Crippen LogP contribution in [-0.2, 0) is 11.3 Å². The molecule has 1 aromatic heterocycles. The van der Waals surface area contributed by atoms with Gasteiger partial charge in [-0.3, -0.25) is 9.59 Å². The highest BCUT2D eigenvalue weighted by molar-refractivity contribution is 6.31. The minimum absolute atomic E-state index is 0.0750. The molecule has 0 spiro atoms. The molecule has 8 heteroatoms. The zero-order valence-corrected chi connectivity index (χ0v) is 20.6. The predicted molar refractivity (Wildman–Crippen MR) is 133 cm³/mol. The van der Waals surface area contributed by atoms with Crippen molar-refractivity contribution in [3.63, 3.8) is 0 Å². The third-order valence-corrected chi connectivity index (χ3v) is 6.64. The van der Waals surface area contributed by atoms with Gasteiger partial charge in [-0.05, 0) is 54.3 Å². The SMILES string of the molecule is COc1ccc([C@@H](C(=O)NC2CCCC2)N(Cc2ccccc2Cl)C(=O)c2ccco2)cc1OC. The third-order valence-electron chi connectivity index (χ3n) is 6.28. The van der Waals surface area contributed by atoms with E-state index in [1.165, 1.54) is 18.3 Å².